The Balaban J connectivity index is 1.36. The van der Waals surface area contributed by atoms with E-state index in [0.717, 1.165) is 23.9 Å². The van der Waals surface area contributed by atoms with Gasteiger partial charge >= 0.3 is 0 Å². The van der Waals surface area contributed by atoms with Gasteiger partial charge in [-0.25, -0.2) is 0 Å². The maximum atomic E-state index is 5.84. The Morgan fingerprint density at radius 2 is 2.11 bits per heavy atom. The van der Waals surface area contributed by atoms with E-state index >= 15 is 0 Å². The molecule has 1 aromatic heterocycles. The molecule has 2 fully saturated rings. The largest absolute Gasteiger partial charge is 0.460 e. The molecule has 1 saturated heterocycles. The highest BCUT2D eigenvalue weighted by Crippen LogP contribution is 2.29. The van der Waals surface area contributed by atoms with Crippen LogP contribution < -0.4 is 5.32 Å². The van der Waals surface area contributed by atoms with E-state index in [0.29, 0.717) is 6.04 Å². The molecule has 0 bridgehead atoms. The average Bonchev–Trinajstić information content (AvgIpc) is 3.03. The molecule has 3 heteroatoms. The third kappa shape index (κ3) is 2.40. The molecule has 2 aromatic rings. The predicted octanol–water partition coefficient (Wildman–Crippen LogP) is 2.76. The lowest BCUT2D eigenvalue weighted by molar-refractivity contribution is 0.316. The molecule has 0 spiro atoms. The molecule has 3 nitrogen and oxygen atoms in total. The van der Waals surface area contributed by atoms with Crippen molar-refractivity contribution in [2.75, 3.05) is 13.1 Å². The number of rotatable bonds is 4. The van der Waals surface area contributed by atoms with Crippen LogP contribution in [0.15, 0.2) is 34.7 Å². The summed E-state index contributed by atoms with van der Waals surface area (Å²) in [5.41, 5.74) is 0.991. The summed E-state index contributed by atoms with van der Waals surface area (Å²) in [5, 5.41) is 4.84. The normalized spacial score (nSPS) is 24.3. The number of hydrogen-bond acceptors (Lipinski definition) is 3. The van der Waals surface area contributed by atoms with Gasteiger partial charge in [0.15, 0.2) is 0 Å². The van der Waals surface area contributed by atoms with Gasteiger partial charge in [0.25, 0.3) is 0 Å². The molecule has 19 heavy (non-hydrogen) atoms. The molecule has 1 unspecified atom stereocenters. The van der Waals surface area contributed by atoms with Gasteiger partial charge in [-0.2, -0.15) is 0 Å². The second-order valence-corrected chi connectivity index (χ2v) is 5.84. The minimum Gasteiger partial charge on any atom is -0.460 e. The van der Waals surface area contributed by atoms with Gasteiger partial charge in [-0.15, -0.1) is 0 Å². The van der Waals surface area contributed by atoms with Crippen molar-refractivity contribution >= 4 is 11.0 Å². The molecule has 2 heterocycles. The molecule has 1 aliphatic heterocycles. The third-order valence-corrected chi connectivity index (χ3v) is 4.32. The minimum atomic E-state index is 0.633. The van der Waals surface area contributed by atoms with Crippen molar-refractivity contribution in [1.29, 1.82) is 0 Å². The van der Waals surface area contributed by atoms with Gasteiger partial charge in [0, 0.05) is 30.6 Å². The molecule has 1 atom stereocenters. The Labute approximate surface area is 113 Å². The number of nitrogens with one attached hydrogen (secondary N) is 1. The second kappa shape index (κ2) is 4.66. The van der Waals surface area contributed by atoms with Crippen LogP contribution in [0.25, 0.3) is 11.0 Å². The van der Waals surface area contributed by atoms with Gasteiger partial charge in [0.2, 0.25) is 0 Å². The van der Waals surface area contributed by atoms with E-state index in [9.17, 15) is 0 Å². The highest BCUT2D eigenvalue weighted by Gasteiger charge is 2.34. The van der Waals surface area contributed by atoms with E-state index in [1.807, 2.05) is 12.1 Å². The molecular weight excluding hydrogens is 236 g/mol. The topological polar surface area (TPSA) is 28.4 Å². The van der Waals surface area contributed by atoms with Crippen molar-refractivity contribution in [3.63, 3.8) is 0 Å². The van der Waals surface area contributed by atoms with Crippen LogP contribution in [0.5, 0.6) is 0 Å². The first-order valence-corrected chi connectivity index (χ1v) is 7.33. The van der Waals surface area contributed by atoms with Crippen LogP contribution in [-0.4, -0.2) is 30.1 Å². The van der Waals surface area contributed by atoms with Crippen molar-refractivity contribution in [1.82, 2.24) is 10.2 Å². The molecule has 1 aromatic carbocycles. The number of fused-ring (bicyclic) bond motifs is 1. The monoisotopic (exact) mass is 256 g/mol. The van der Waals surface area contributed by atoms with E-state index < -0.39 is 0 Å². The summed E-state index contributed by atoms with van der Waals surface area (Å²) in [4.78, 5) is 2.64. The fraction of sp³-hybridized carbons (Fsp3) is 0.500. The first-order valence-electron chi connectivity index (χ1n) is 7.33. The number of nitrogens with zero attached hydrogens (tertiary/aromatic N) is 1. The molecule has 0 radical (unpaired) electrons. The summed E-state index contributed by atoms with van der Waals surface area (Å²) in [5.74, 6) is 1.05. The van der Waals surface area contributed by atoms with Gasteiger partial charge in [0.05, 0.1) is 6.54 Å². The fourth-order valence-electron chi connectivity index (χ4n) is 3.09. The van der Waals surface area contributed by atoms with Gasteiger partial charge < -0.3 is 9.73 Å². The maximum absolute atomic E-state index is 5.84. The summed E-state index contributed by atoms with van der Waals surface area (Å²) < 4.78 is 5.84. The first-order chi connectivity index (χ1) is 9.38. The Bertz CT molecular complexity index is 540. The standard InChI is InChI=1S/C16H20N2O/c1-2-4-16-12(3-1)9-15(19-16)10-17-13-7-8-18(11-13)14-5-6-14/h1-4,9,13-14,17H,5-8,10-11H2. The quantitative estimate of drug-likeness (QED) is 0.911. The second-order valence-electron chi connectivity index (χ2n) is 5.84. The van der Waals surface area contributed by atoms with Gasteiger partial charge in [-0.1, -0.05) is 18.2 Å². The van der Waals surface area contributed by atoms with Gasteiger partial charge in [-0.05, 0) is 31.4 Å². The molecule has 1 N–H and O–H groups in total. The molecule has 0 amide bonds. The summed E-state index contributed by atoms with van der Waals surface area (Å²) in [6.45, 7) is 3.32. The van der Waals surface area contributed by atoms with Crippen LogP contribution in [0.1, 0.15) is 25.0 Å². The van der Waals surface area contributed by atoms with Crippen molar-refractivity contribution in [2.45, 2.75) is 37.9 Å². The van der Waals surface area contributed by atoms with E-state index in [1.165, 1.54) is 37.7 Å². The van der Waals surface area contributed by atoms with Gasteiger partial charge in [-0.3, -0.25) is 4.90 Å². The Morgan fingerprint density at radius 1 is 1.21 bits per heavy atom. The van der Waals surface area contributed by atoms with Crippen molar-refractivity contribution in [3.8, 4) is 0 Å². The van der Waals surface area contributed by atoms with Crippen molar-refractivity contribution < 1.29 is 4.42 Å². The Hall–Kier alpha value is -1.32. The summed E-state index contributed by atoms with van der Waals surface area (Å²) in [7, 11) is 0. The number of benzene rings is 1. The highest BCUT2D eigenvalue weighted by molar-refractivity contribution is 5.77. The molecule has 4 rings (SSSR count). The minimum absolute atomic E-state index is 0.633. The van der Waals surface area contributed by atoms with Crippen LogP contribution in [0.3, 0.4) is 0 Å². The van der Waals surface area contributed by atoms with Crippen LogP contribution in [0.4, 0.5) is 0 Å². The number of likely N-dealkylation sites (tertiary alicyclic amines) is 1. The highest BCUT2D eigenvalue weighted by atomic mass is 16.3. The molecule has 2 aliphatic rings. The van der Waals surface area contributed by atoms with Crippen LogP contribution in [0, 0.1) is 0 Å². The van der Waals surface area contributed by atoms with Gasteiger partial charge in [0.1, 0.15) is 11.3 Å². The lowest BCUT2D eigenvalue weighted by atomic mass is 10.2. The lowest BCUT2D eigenvalue weighted by Gasteiger charge is -2.15. The Morgan fingerprint density at radius 3 is 2.95 bits per heavy atom. The maximum Gasteiger partial charge on any atom is 0.134 e. The average molecular weight is 256 g/mol. The molecule has 1 saturated carbocycles. The zero-order valence-electron chi connectivity index (χ0n) is 11.1. The van der Waals surface area contributed by atoms with E-state index in [-0.39, 0.29) is 0 Å². The number of furan rings is 1. The van der Waals surface area contributed by atoms with E-state index in [4.69, 9.17) is 4.42 Å². The van der Waals surface area contributed by atoms with E-state index in [1.54, 1.807) is 0 Å². The van der Waals surface area contributed by atoms with Crippen molar-refractivity contribution in [3.05, 3.63) is 36.1 Å². The predicted molar refractivity (Wildman–Crippen MR) is 76.1 cm³/mol. The zero-order valence-corrected chi connectivity index (χ0v) is 11.1. The van der Waals surface area contributed by atoms with Crippen molar-refractivity contribution in [2.24, 2.45) is 0 Å². The zero-order chi connectivity index (χ0) is 12.7. The summed E-state index contributed by atoms with van der Waals surface area (Å²) in [6.07, 6.45) is 4.10. The number of hydrogen-bond donors (Lipinski definition) is 1. The SMILES string of the molecule is c1ccc2oc(CNC3CCN(C4CC4)C3)cc2c1. The number of para-hydroxylation sites is 1. The van der Waals surface area contributed by atoms with Crippen LogP contribution in [-0.2, 0) is 6.54 Å². The smallest absolute Gasteiger partial charge is 0.134 e. The Kier molecular flexibility index (Phi) is 2.82. The van der Waals surface area contributed by atoms with Crippen LogP contribution in [0.2, 0.25) is 0 Å². The fourth-order valence-corrected chi connectivity index (χ4v) is 3.09. The lowest BCUT2D eigenvalue weighted by Crippen LogP contribution is -2.32. The van der Waals surface area contributed by atoms with Crippen LogP contribution >= 0.6 is 0 Å². The molecule has 100 valence electrons. The summed E-state index contributed by atoms with van der Waals surface area (Å²) in [6, 6.07) is 11.9. The molecule has 1 aliphatic carbocycles. The van der Waals surface area contributed by atoms with E-state index in [2.05, 4.69) is 28.4 Å². The first kappa shape index (κ1) is 11.5. The summed E-state index contributed by atoms with van der Waals surface area (Å²) >= 11 is 0. The third-order valence-electron chi connectivity index (χ3n) is 4.32. The molecular formula is C16H20N2O.